The average Bonchev–Trinajstić information content (AvgIpc) is 3.79. The van der Waals surface area contributed by atoms with Gasteiger partial charge in [0.1, 0.15) is 18.0 Å². The van der Waals surface area contributed by atoms with Crippen LogP contribution in [0.2, 0.25) is 0 Å². The van der Waals surface area contributed by atoms with Crippen molar-refractivity contribution < 1.29 is 17.9 Å². The van der Waals surface area contributed by atoms with Gasteiger partial charge in [-0.25, -0.2) is 13.4 Å². The van der Waals surface area contributed by atoms with Gasteiger partial charge in [0.2, 0.25) is 5.88 Å². The fraction of sp³-hybridized carbons (Fsp3) is 0.407. The number of carbonyl (C=O) groups is 1. The van der Waals surface area contributed by atoms with E-state index in [0.717, 1.165) is 17.6 Å². The molecule has 2 fully saturated rings. The lowest BCUT2D eigenvalue weighted by Crippen LogP contribution is -2.38. The number of amides is 1. The van der Waals surface area contributed by atoms with Gasteiger partial charge in [-0.05, 0) is 69.0 Å². The van der Waals surface area contributed by atoms with Crippen molar-refractivity contribution in [1.29, 1.82) is 0 Å². The first-order chi connectivity index (χ1) is 17.8. The van der Waals surface area contributed by atoms with E-state index in [1.165, 1.54) is 49.3 Å². The van der Waals surface area contributed by atoms with Crippen LogP contribution < -0.4 is 15.0 Å². The number of aromatic nitrogens is 3. The van der Waals surface area contributed by atoms with Crippen molar-refractivity contribution in [2.45, 2.75) is 61.9 Å². The monoisotopic (exact) mass is 519 g/mol. The van der Waals surface area contributed by atoms with Crippen LogP contribution >= 0.6 is 0 Å². The van der Waals surface area contributed by atoms with Gasteiger partial charge in [0.25, 0.3) is 5.91 Å². The third-order valence-corrected chi connectivity index (χ3v) is 8.11. The van der Waals surface area contributed by atoms with Crippen LogP contribution in [0.5, 0.6) is 5.88 Å². The molecular formula is C27H29N5O4S. The molecule has 0 aromatic carbocycles. The molecule has 3 aliphatic rings. The number of hydrogen-bond acceptors (Lipinski definition) is 8. The molecule has 1 amide bonds. The molecule has 10 heteroatoms. The zero-order valence-electron chi connectivity index (χ0n) is 20.8. The molecule has 0 unspecified atom stereocenters. The first kappa shape index (κ1) is 23.8. The van der Waals surface area contributed by atoms with E-state index in [0.29, 0.717) is 30.0 Å². The third kappa shape index (κ3) is 5.02. The summed E-state index contributed by atoms with van der Waals surface area (Å²) in [7, 11) is -3.32. The third-order valence-electron chi connectivity index (χ3n) is 7.01. The lowest BCUT2D eigenvalue weighted by molar-refractivity contribution is 0.0944. The zero-order chi connectivity index (χ0) is 25.7. The summed E-state index contributed by atoms with van der Waals surface area (Å²) in [6.07, 6.45) is 7.23. The summed E-state index contributed by atoms with van der Waals surface area (Å²) in [4.78, 5) is 28.8. The van der Waals surface area contributed by atoms with Crippen molar-refractivity contribution in [2.24, 2.45) is 0 Å². The van der Waals surface area contributed by atoms with Gasteiger partial charge in [0.05, 0.1) is 23.2 Å². The molecule has 0 radical (unpaired) electrons. The SMILES string of the molecule is C[C@H]1COc2nc(C(=O)NCc3ccc(S(C)(=O)=O)cn3)ccc2N1c1cc(C2CC2)nc(C2CC2)c1. The number of nitrogens with zero attached hydrogens (tertiary/aromatic N) is 4. The van der Waals surface area contributed by atoms with Gasteiger partial charge >= 0.3 is 0 Å². The Morgan fingerprint density at radius 2 is 1.76 bits per heavy atom. The van der Waals surface area contributed by atoms with Crippen LogP contribution in [-0.2, 0) is 16.4 Å². The minimum atomic E-state index is -3.32. The molecule has 6 rings (SSSR count). The van der Waals surface area contributed by atoms with Crippen LogP contribution in [0.1, 0.15) is 72.0 Å². The second kappa shape index (κ2) is 9.09. The summed E-state index contributed by atoms with van der Waals surface area (Å²) < 4.78 is 29.2. The minimum absolute atomic E-state index is 0.108. The van der Waals surface area contributed by atoms with Crippen molar-refractivity contribution in [3.05, 3.63) is 65.4 Å². The smallest absolute Gasteiger partial charge is 0.270 e. The van der Waals surface area contributed by atoms with E-state index >= 15 is 0 Å². The summed E-state index contributed by atoms with van der Waals surface area (Å²) in [5.41, 5.74) is 5.10. The number of hydrogen-bond donors (Lipinski definition) is 1. The Balaban J connectivity index is 1.22. The number of pyridine rings is 3. The number of ether oxygens (including phenoxy) is 1. The fourth-order valence-electron chi connectivity index (χ4n) is 4.62. The van der Waals surface area contributed by atoms with E-state index in [9.17, 15) is 13.2 Å². The van der Waals surface area contributed by atoms with Crippen LogP contribution in [0.4, 0.5) is 11.4 Å². The molecule has 2 saturated carbocycles. The standard InChI is InChI=1S/C27H29N5O4S/c1-16-15-36-27-25(32(16)20-11-23(17-3-4-17)30-24(12-20)18-5-6-18)10-9-22(31-27)26(33)29-13-19-7-8-21(14-28-19)37(2,34)35/h7-12,14,16-18H,3-6,13,15H2,1-2H3,(H,29,33)/t16-/m0/s1. The van der Waals surface area contributed by atoms with E-state index in [4.69, 9.17) is 9.72 Å². The Morgan fingerprint density at radius 3 is 2.35 bits per heavy atom. The van der Waals surface area contributed by atoms with E-state index in [2.05, 4.69) is 39.2 Å². The molecule has 2 aliphatic carbocycles. The van der Waals surface area contributed by atoms with Crippen molar-refractivity contribution in [2.75, 3.05) is 17.8 Å². The fourth-order valence-corrected chi connectivity index (χ4v) is 5.18. The van der Waals surface area contributed by atoms with Crippen molar-refractivity contribution in [3.8, 4) is 5.88 Å². The van der Waals surface area contributed by atoms with Crippen molar-refractivity contribution in [3.63, 3.8) is 0 Å². The Bertz CT molecular complexity index is 1440. The molecule has 1 N–H and O–H groups in total. The second-order valence-electron chi connectivity index (χ2n) is 10.2. The molecule has 3 aromatic heterocycles. The van der Waals surface area contributed by atoms with Gasteiger partial charge in [-0.15, -0.1) is 0 Å². The summed E-state index contributed by atoms with van der Waals surface area (Å²) in [5, 5.41) is 2.79. The van der Waals surface area contributed by atoms with Gasteiger partial charge in [-0.3, -0.25) is 14.8 Å². The highest BCUT2D eigenvalue weighted by Crippen LogP contribution is 2.46. The first-order valence-electron chi connectivity index (χ1n) is 12.6. The van der Waals surface area contributed by atoms with E-state index in [-0.39, 0.29) is 29.1 Å². The summed E-state index contributed by atoms with van der Waals surface area (Å²) in [6, 6.07) is 11.2. The second-order valence-corrected chi connectivity index (χ2v) is 12.2. The Kier molecular flexibility index (Phi) is 5.86. The molecule has 1 aliphatic heterocycles. The first-order valence-corrected chi connectivity index (χ1v) is 14.5. The Labute approximate surface area is 216 Å². The zero-order valence-corrected chi connectivity index (χ0v) is 21.7. The van der Waals surface area contributed by atoms with Crippen molar-refractivity contribution >= 4 is 27.1 Å². The maximum atomic E-state index is 12.8. The molecule has 0 saturated heterocycles. The van der Waals surface area contributed by atoms with E-state index in [1.54, 1.807) is 12.1 Å². The number of rotatable bonds is 7. The number of nitrogens with one attached hydrogen (secondary N) is 1. The van der Waals surface area contributed by atoms with Crippen LogP contribution in [0.15, 0.2) is 47.5 Å². The van der Waals surface area contributed by atoms with Gasteiger partial charge < -0.3 is 15.0 Å². The Morgan fingerprint density at radius 1 is 1.05 bits per heavy atom. The number of anilines is 2. The van der Waals surface area contributed by atoms with Crippen LogP contribution in [0.25, 0.3) is 0 Å². The average molecular weight is 520 g/mol. The lowest BCUT2D eigenvalue weighted by Gasteiger charge is -2.36. The molecule has 37 heavy (non-hydrogen) atoms. The van der Waals surface area contributed by atoms with Gasteiger partial charge in [0.15, 0.2) is 9.84 Å². The minimum Gasteiger partial charge on any atom is -0.474 e. The number of carbonyl (C=O) groups excluding carboxylic acids is 1. The Hall–Kier alpha value is -3.53. The maximum absolute atomic E-state index is 12.8. The predicted molar refractivity (Wildman–Crippen MR) is 138 cm³/mol. The van der Waals surface area contributed by atoms with Crippen LogP contribution in [-0.4, -0.2) is 48.2 Å². The molecule has 9 nitrogen and oxygen atoms in total. The van der Waals surface area contributed by atoms with Gasteiger partial charge in [-0.1, -0.05) is 0 Å². The molecule has 4 heterocycles. The van der Waals surface area contributed by atoms with Crippen LogP contribution in [0.3, 0.4) is 0 Å². The van der Waals surface area contributed by atoms with E-state index < -0.39 is 9.84 Å². The molecule has 192 valence electrons. The van der Waals surface area contributed by atoms with Crippen molar-refractivity contribution in [1.82, 2.24) is 20.3 Å². The van der Waals surface area contributed by atoms with Crippen LogP contribution in [0, 0.1) is 0 Å². The predicted octanol–water partition coefficient (Wildman–Crippen LogP) is 3.88. The molecule has 3 aromatic rings. The van der Waals surface area contributed by atoms with E-state index in [1.807, 2.05) is 6.07 Å². The normalized spacial score (nSPS) is 19.2. The lowest BCUT2D eigenvalue weighted by atomic mass is 10.1. The molecule has 0 bridgehead atoms. The highest BCUT2D eigenvalue weighted by molar-refractivity contribution is 7.90. The number of sulfone groups is 1. The highest BCUT2D eigenvalue weighted by atomic mass is 32.2. The largest absolute Gasteiger partial charge is 0.474 e. The van der Waals surface area contributed by atoms with Gasteiger partial charge in [0, 0.05) is 41.4 Å². The quantitative estimate of drug-likeness (QED) is 0.500. The maximum Gasteiger partial charge on any atom is 0.270 e. The van der Waals surface area contributed by atoms with Gasteiger partial charge in [-0.2, -0.15) is 0 Å². The molecule has 0 spiro atoms. The summed E-state index contributed by atoms with van der Waals surface area (Å²) >= 11 is 0. The number of fused-ring (bicyclic) bond motifs is 1. The summed E-state index contributed by atoms with van der Waals surface area (Å²) in [5.74, 6) is 1.20. The molecule has 1 atom stereocenters. The highest BCUT2D eigenvalue weighted by Gasteiger charge is 2.33. The molecular weight excluding hydrogens is 490 g/mol. The topological polar surface area (TPSA) is 114 Å². The summed E-state index contributed by atoms with van der Waals surface area (Å²) in [6.45, 7) is 2.73.